The molecule has 126 valence electrons. The van der Waals surface area contributed by atoms with E-state index >= 15 is 0 Å². The van der Waals surface area contributed by atoms with E-state index in [-0.39, 0.29) is 12.6 Å². The minimum absolute atomic E-state index is 0.137. The maximum absolute atomic E-state index is 12.1. The highest BCUT2D eigenvalue weighted by molar-refractivity contribution is 7.88. The van der Waals surface area contributed by atoms with Crippen LogP contribution < -0.4 is 0 Å². The number of hydrogen-bond acceptors (Lipinski definition) is 3. The first-order valence-corrected chi connectivity index (χ1v) is 9.68. The van der Waals surface area contributed by atoms with Crippen LogP contribution >= 0.6 is 23.2 Å². The fraction of sp³-hybridized carbons (Fsp3) is 0.600. The quantitative estimate of drug-likeness (QED) is 0.742. The summed E-state index contributed by atoms with van der Waals surface area (Å²) in [4.78, 5) is 2.05. The molecule has 7 heteroatoms. The summed E-state index contributed by atoms with van der Waals surface area (Å²) in [5.41, 5.74) is 0.820. The predicted octanol–water partition coefficient (Wildman–Crippen LogP) is 3.34. The number of hydrogen-bond donors (Lipinski definition) is 0. The van der Waals surface area contributed by atoms with Gasteiger partial charge >= 0.3 is 0 Å². The Morgan fingerprint density at radius 2 is 1.73 bits per heavy atom. The van der Waals surface area contributed by atoms with Crippen LogP contribution in [0.5, 0.6) is 0 Å². The fourth-order valence-corrected chi connectivity index (χ4v) is 3.47. The highest BCUT2D eigenvalue weighted by atomic mass is 35.5. The Hall–Kier alpha value is -0.330. The van der Waals surface area contributed by atoms with Crippen molar-refractivity contribution in [2.75, 3.05) is 26.9 Å². The summed E-state index contributed by atoms with van der Waals surface area (Å²) >= 11 is 11.9. The second kappa shape index (κ2) is 7.97. The third kappa shape index (κ3) is 5.70. The number of benzene rings is 1. The maximum Gasteiger partial charge on any atom is 0.211 e. The Morgan fingerprint density at radius 1 is 1.14 bits per heavy atom. The Bertz CT molecular complexity index is 596. The Kier molecular flexibility index (Phi) is 7.15. The monoisotopic (exact) mass is 366 g/mol. The molecule has 0 bridgehead atoms. The molecule has 0 aromatic heterocycles. The van der Waals surface area contributed by atoms with Gasteiger partial charge in [-0.25, -0.2) is 8.42 Å². The average molecular weight is 367 g/mol. The van der Waals surface area contributed by atoms with Crippen LogP contribution in [0.3, 0.4) is 0 Å². The zero-order valence-corrected chi connectivity index (χ0v) is 16.0. The normalized spacial score (nSPS) is 14.1. The van der Waals surface area contributed by atoms with E-state index in [1.165, 1.54) is 10.6 Å². The minimum Gasteiger partial charge on any atom is -0.305 e. The smallest absolute Gasteiger partial charge is 0.211 e. The molecule has 0 radical (unpaired) electrons. The van der Waals surface area contributed by atoms with Crippen molar-refractivity contribution in [3.8, 4) is 0 Å². The molecule has 0 fully saturated rings. The zero-order valence-electron chi connectivity index (χ0n) is 13.7. The summed E-state index contributed by atoms with van der Waals surface area (Å²) in [6.07, 6.45) is 1.23. The highest BCUT2D eigenvalue weighted by Gasteiger charge is 2.25. The fourth-order valence-electron chi connectivity index (χ4n) is 2.34. The van der Waals surface area contributed by atoms with Gasteiger partial charge in [0, 0.05) is 19.1 Å². The van der Waals surface area contributed by atoms with Crippen LogP contribution in [0.1, 0.15) is 19.4 Å². The second-order valence-corrected chi connectivity index (χ2v) is 8.88. The molecular formula is C15H24Cl2N2O2S. The Morgan fingerprint density at radius 3 is 2.14 bits per heavy atom. The first kappa shape index (κ1) is 19.7. The standard InChI is InChI=1S/C15H24Cl2N2O2S/c1-11(2)15(18(3)4)10-19(22(5,20)21)9-12-6-7-13(16)14(17)8-12/h6-8,11,15H,9-10H2,1-5H3. The van der Waals surface area contributed by atoms with E-state index in [1.807, 2.05) is 14.1 Å². The Labute approximate surface area is 144 Å². The highest BCUT2D eigenvalue weighted by Crippen LogP contribution is 2.24. The summed E-state index contributed by atoms with van der Waals surface area (Å²) in [6, 6.07) is 5.33. The molecule has 1 rings (SSSR count). The molecule has 22 heavy (non-hydrogen) atoms. The molecule has 0 aliphatic carbocycles. The third-order valence-electron chi connectivity index (χ3n) is 3.64. The van der Waals surface area contributed by atoms with Gasteiger partial charge in [0.15, 0.2) is 0 Å². The number of likely N-dealkylation sites (N-methyl/N-ethyl adjacent to an activating group) is 1. The van der Waals surface area contributed by atoms with Gasteiger partial charge in [-0.1, -0.05) is 43.1 Å². The van der Waals surface area contributed by atoms with Gasteiger partial charge in [-0.05, 0) is 37.7 Å². The summed E-state index contributed by atoms with van der Waals surface area (Å²) < 4.78 is 25.7. The number of halogens is 2. The summed E-state index contributed by atoms with van der Waals surface area (Å²) in [7, 11) is 0.608. The molecule has 0 spiro atoms. The van der Waals surface area contributed by atoms with Crippen molar-refractivity contribution in [3.63, 3.8) is 0 Å². The van der Waals surface area contributed by atoms with Crippen LogP contribution in [-0.2, 0) is 16.6 Å². The number of rotatable bonds is 7. The molecule has 1 aromatic carbocycles. The lowest BCUT2D eigenvalue weighted by molar-refractivity contribution is 0.191. The van der Waals surface area contributed by atoms with Gasteiger partial charge in [0.2, 0.25) is 10.0 Å². The van der Waals surface area contributed by atoms with Gasteiger partial charge in [-0.2, -0.15) is 4.31 Å². The van der Waals surface area contributed by atoms with Crippen LogP contribution in [0, 0.1) is 5.92 Å². The van der Waals surface area contributed by atoms with Crippen LogP contribution in [0.15, 0.2) is 18.2 Å². The van der Waals surface area contributed by atoms with Crippen molar-refractivity contribution in [1.82, 2.24) is 9.21 Å². The van der Waals surface area contributed by atoms with Gasteiger partial charge in [-0.3, -0.25) is 0 Å². The topological polar surface area (TPSA) is 40.6 Å². The molecule has 0 saturated carbocycles. The maximum atomic E-state index is 12.1. The SMILES string of the molecule is CC(C)C(CN(Cc1ccc(Cl)c(Cl)c1)S(C)(=O)=O)N(C)C. The van der Waals surface area contributed by atoms with Crippen LogP contribution in [0.4, 0.5) is 0 Å². The molecule has 0 heterocycles. The molecule has 0 saturated heterocycles. The van der Waals surface area contributed by atoms with Crippen molar-refractivity contribution in [2.45, 2.75) is 26.4 Å². The summed E-state index contributed by atoms with van der Waals surface area (Å²) in [5.74, 6) is 0.341. The van der Waals surface area contributed by atoms with Crippen molar-refractivity contribution in [3.05, 3.63) is 33.8 Å². The predicted molar refractivity (Wildman–Crippen MR) is 94.0 cm³/mol. The van der Waals surface area contributed by atoms with E-state index in [0.717, 1.165) is 5.56 Å². The zero-order chi connectivity index (χ0) is 17.1. The van der Waals surface area contributed by atoms with Crippen LogP contribution in [0.2, 0.25) is 10.0 Å². The van der Waals surface area contributed by atoms with Crippen molar-refractivity contribution < 1.29 is 8.42 Å². The first-order valence-electron chi connectivity index (χ1n) is 7.08. The van der Waals surface area contributed by atoms with Gasteiger partial charge in [0.05, 0.1) is 16.3 Å². The second-order valence-electron chi connectivity index (χ2n) is 6.08. The van der Waals surface area contributed by atoms with Gasteiger partial charge in [-0.15, -0.1) is 0 Å². The molecule has 4 nitrogen and oxygen atoms in total. The van der Waals surface area contributed by atoms with E-state index in [2.05, 4.69) is 18.7 Å². The van der Waals surface area contributed by atoms with Gasteiger partial charge in [0.25, 0.3) is 0 Å². The van der Waals surface area contributed by atoms with E-state index in [9.17, 15) is 8.42 Å². The molecular weight excluding hydrogens is 343 g/mol. The molecule has 0 aliphatic heterocycles. The number of sulfonamides is 1. The molecule has 0 N–H and O–H groups in total. The molecule has 0 amide bonds. The third-order valence-corrected chi connectivity index (χ3v) is 5.59. The number of nitrogens with zero attached hydrogens (tertiary/aromatic N) is 2. The van der Waals surface area contributed by atoms with Gasteiger partial charge in [0.1, 0.15) is 0 Å². The lowest BCUT2D eigenvalue weighted by Gasteiger charge is -2.32. The van der Waals surface area contributed by atoms with Crippen molar-refractivity contribution in [1.29, 1.82) is 0 Å². The van der Waals surface area contributed by atoms with E-state index in [0.29, 0.717) is 22.5 Å². The largest absolute Gasteiger partial charge is 0.305 e. The van der Waals surface area contributed by atoms with Crippen molar-refractivity contribution in [2.24, 2.45) is 5.92 Å². The lowest BCUT2D eigenvalue weighted by Crippen LogP contribution is -2.45. The Balaban J connectivity index is 3.01. The summed E-state index contributed by atoms with van der Waals surface area (Å²) in [5, 5.41) is 0.894. The molecule has 0 aliphatic rings. The lowest BCUT2D eigenvalue weighted by atomic mass is 10.0. The van der Waals surface area contributed by atoms with E-state index in [1.54, 1.807) is 18.2 Å². The molecule has 1 aromatic rings. The van der Waals surface area contributed by atoms with Crippen LogP contribution in [-0.4, -0.2) is 50.6 Å². The summed E-state index contributed by atoms with van der Waals surface area (Å²) in [6.45, 7) is 4.89. The molecule has 1 atom stereocenters. The van der Waals surface area contributed by atoms with Crippen LogP contribution in [0.25, 0.3) is 0 Å². The van der Waals surface area contributed by atoms with Crippen molar-refractivity contribution >= 4 is 33.2 Å². The minimum atomic E-state index is -3.32. The van der Waals surface area contributed by atoms with E-state index in [4.69, 9.17) is 23.2 Å². The average Bonchev–Trinajstić information content (AvgIpc) is 2.36. The first-order chi connectivity index (χ1) is 10.0. The van der Waals surface area contributed by atoms with E-state index < -0.39 is 10.0 Å². The van der Waals surface area contributed by atoms with Gasteiger partial charge < -0.3 is 4.90 Å². The molecule has 1 unspecified atom stereocenters.